The number of carbonyl (C=O) groups excluding carboxylic acids is 1. The fourth-order valence-corrected chi connectivity index (χ4v) is 3.75. The molecule has 0 amide bonds. The molecule has 0 aliphatic rings. The van der Waals surface area contributed by atoms with Crippen molar-refractivity contribution in [1.82, 2.24) is 4.57 Å². The highest BCUT2D eigenvalue weighted by molar-refractivity contribution is 9.10. The average molecular weight is 430 g/mol. The first-order valence-electron chi connectivity index (χ1n) is 9.15. The van der Waals surface area contributed by atoms with Crippen LogP contribution in [0.2, 0.25) is 0 Å². The first kappa shape index (κ1) is 19.5. The van der Waals surface area contributed by atoms with Crippen molar-refractivity contribution in [3.63, 3.8) is 0 Å². The van der Waals surface area contributed by atoms with Gasteiger partial charge in [0, 0.05) is 33.2 Å². The highest BCUT2D eigenvalue weighted by atomic mass is 79.9. The zero-order valence-corrected chi connectivity index (χ0v) is 17.5. The molecule has 0 saturated heterocycles. The van der Waals surface area contributed by atoms with Crippen LogP contribution in [0.1, 0.15) is 37.9 Å². The Morgan fingerprint density at radius 2 is 1.96 bits per heavy atom. The Morgan fingerprint density at radius 1 is 1.19 bits per heavy atom. The number of fused-ring (bicyclic) bond motifs is 1. The second kappa shape index (κ2) is 8.61. The zero-order valence-electron chi connectivity index (χ0n) is 15.9. The summed E-state index contributed by atoms with van der Waals surface area (Å²) in [6.07, 6.45) is 2.32. The van der Waals surface area contributed by atoms with Gasteiger partial charge in [0.15, 0.2) is 0 Å². The van der Waals surface area contributed by atoms with E-state index in [1.165, 1.54) is 10.9 Å². The van der Waals surface area contributed by atoms with Gasteiger partial charge in [-0.25, -0.2) is 0 Å². The Kier molecular flexibility index (Phi) is 6.22. The fraction of sp³-hybridized carbons (Fsp3) is 0.318. The molecule has 3 rings (SSSR count). The van der Waals surface area contributed by atoms with Crippen LogP contribution < -0.4 is 4.74 Å². The topological polar surface area (TPSA) is 40.5 Å². The SMILES string of the molecule is CCOC(=O)Cc1ccccc1OCc1cc(Br)c2ccn(C(C)C)c2c1. The number of benzene rings is 2. The van der Waals surface area contributed by atoms with E-state index in [0.717, 1.165) is 15.6 Å². The van der Waals surface area contributed by atoms with Crippen molar-refractivity contribution in [3.05, 3.63) is 64.3 Å². The van der Waals surface area contributed by atoms with Gasteiger partial charge in [-0.15, -0.1) is 0 Å². The molecule has 0 radical (unpaired) electrons. The maximum Gasteiger partial charge on any atom is 0.310 e. The van der Waals surface area contributed by atoms with Gasteiger partial charge in [-0.2, -0.15) is 0 Å². The molecule has 142 valence electrons. The van der Waals surface area contributed by atoms with Gasteiger partial charge >= 0.3 is 5.97 Å². The van der Waals surface area contributed by atoms with E-state index in [1.807, 2.05) is 24.3 Å². The number of hydrogen-bond donors (Lipinski definition) is 0. The predicted octanol–water partition coefficient (Wildman–Crippen LogP) is 5.67. The Balaban J connectivity index is 1.81. The van der Waals surface area contributed by atoms with Crippen LogP contribution >= 0.6 is 15.9 Å². The summed E-state index contributed by atoms with van der Waals surface area (Å²) in [6.45, 7) is 6.95. The van der Waals surface area contributed by atoms with Crippen LogP contribution in [0.25, 0.3) is 10.9 Å². The van der Waals surface area contributed by atoms with Gasteiger partial charge in [0.2, 0.25) is 0 Å². The number of halogens is 1. The number of rotatable bonds is 7. The van der Waals surface area contributed by atoms with Gasteiger partial charge in [-0.3, -0.25) is 4.79 Å². The van der Waals surface area contributed by atoms with Gasteiger partial charge in [0.1, 0.15) is 12.4 Å². The fourth-order valence-electron chi connectivity index (χ4n) is 3.12. The first-order chi connectivity index (χ1) is 13.0. The summed E-state index contributed by atoms with van der Waals surface area (Å²) in [6, 6.07) is 14.4. The Labute approximate surface area is 168 Å². The van der Waals surface area contributed by atoms with Gasteiger partial charge in [-0.1, -0.05) is 34.1 Å². The third-order valence-corrected chi connectivity index (χ3v) is 5.07. The van der Waals surface area contributed by atoms with E-state index in [-0.39, 0.29) is 12.4 Å². The standard InChI is InChI=1S/C22H24BrNO3/c1-4-26-22(25)13-17-7-5-6-8-21(17)27-14-16-11-19(23)18-9-10-24(15(2)3)20(18)12-16/h5-12,15H,4,13-14H2,1-3H3. The molecule has 0 spiro atoms. The maximum absolute atomic E-state index is 11.8. The molecule has 3 aromatic rings. The summed E-state index contributed by atoms with van der Waals surface area (Å²) in [5.41, 5.74) is 3.08. The van der Waals surface area contributed by atoms with Crippen molar-refractivity contribution in [2.45, 2.75) is 39.8 Å². The summed E-state index contributed by atoms with van der Waals surface area (Å²) >= 11 is 3.67. The number of para-hydroxylation sites is 1. The summed E-state index contributed by atoms with van der Waals surface area (Å²) in [5, 5.41) is 1.19. The molecule has 0 bridgehead atoms. The average Bonchev–Trinajstić information content (AvgIpc) is 3.06. The number of hydrogen-bond acceptors (Lipinski definition) is 3. The lowest BCUT2D eigenvalue weighted by atomic mass is 10.1. The largest absolute Gasteiger partial charge is 0.489 e. The molecular weight excluding hydrogens is 406 g/mol. The molecule has 2 aromatic carbocycles. The van der Waals surface area contributed by atoms with Crippen LogP contribution in [0.5, 0.6) is 5.75 Å². The van der Waals surface area contributed by atoms with Crippen molar-refractivity contribution < 1.29 is 14.3 Å². The van der Waals surface area contributed by atoms with Crippen LogP contribution in [-0.2, 0) is 22.6 Å². The van der Waals surface area contributed by atoms with E-state index < -0.39 is 0 Å². The summed E-state index contributed by atoms with van der Waals surface area (Å²) in [5.74, 6) is 0.466. The van der Waals surface area contributed by atoms with Crippen LogP contribution in [0.3, 0.4) is 0 Å². The number of aromatic nitrogens is 1. The van der Waals surface area contributed by atoms with Crippen LogP contribution in [0, 0.1) is 0 Å². The minimum Gasteiger partial charge on any atom is -0.489 e. The molecule has 4 nitrogen and oxygen atoms in total. The van der Waals surface area contributed by atoms with Gasteiger partial charge in [0.25, 0.3) is 0 Å². The van der Waals surface area contributed by atoms with E-state index in [0.29, 0.717) is 25.0 Å². The molecule has 5 heteroatoms. The Hall–Kier alpha value is -2.27. The number of nitrogens with zero attached hydrogens (tertiary/aromatic N) is 1. The maximum atomic E-state index is 11.8. The van der Waals surface area contributed by atoms with E-state index in [9.17, 15) is 4.79 Å². The van der Waals surface area contributed by atoms with E-state index in [1.54, 1.807) is 6.92 Å². The highest BCUT2D eigenvalue weighted by Gasteiger charge is 2.12. The van der Waals surface area contributed by atoms with Crippen molar-refractivity contribution in [3.8, 4) is 5.75 Å². The van der Waals surface area contributed by atoms with Gasteiger partial charge < -0.3 is 14.0 Å². The van der Waals surface area contributed by atoms with E-state index in [2.05, 4.69) is 58.7 Å². The van der Waals surface area contributed by atoms with Crippen molar-refractivity contribution >= 4 is 32.8 Å². The van der Waals surface area contributed by atoms with Gasteiger partial charge in [0.05, 0.1) is 13.0 Å². The minimum absolute atomic E-state index is 0.211. The monoisotopic (exact) mass is 429 g/mol. The molecule has 0 fully saturated rings. The molecule has 27 heavy (non-hydrogen) atoms. The van der Waals surface area contributed by atoms with Crippen LogP contribution in [0.4, 0.5) is 0 Å². The van der Waals surface area contributed by atoms with Gasteiger partial charge in [-0.05, 0) is 50.6 Å². The van der Waals surface area contributed by atoms with Crippen LogP contribution in [-0.4, -0.2) is 17.1 Å². The second-order valence-corrected chi connectivity index (χ2v) is 7.56. The number of ether oxygens (including phenoxy) is 2. The summed E-state index contributed by atoms with van der Waals surface area (Å²) < 4.78 is 14.4. The molecule has 0 unspecified atom stereocenters. The molecule has 0 N–H and O–H groups in total. The molecule has 0 aliphatic heterocycles. The first-order valence-corrected chi connectivity index (χ1v) is 9.94. The lowest BCUT2D eigenvalue weighted by molar-refractivity contribution is -0.142. The summed E-state index contributed by atoms with van der Waals surface area (Å²) in [7, 11) is 0. The smallest absolute Gasteiger partial charge is 0.310 e. The lowest BCUT2D eigenvalue weighted by Crippen LogP contribution is -2.09. The molecule has 1 heterocycles. The highest BCUT2D eigenvalue weighted by Crippen LogP contribution is 2.30. The molecule has 0 saturated carbocycles. The Bertz CT molecular complexity index is 946. The third kappa shape index (κ3) is 4.53. The molecule has 0 aliphatic carbocycles. The zero-order chi connectivity index (χ0) is 19.4. The summed E-state index contributed by atoms with van der Waals surface area (Å²) in [4.78, 5) is 11.8. The Morgan fingerprint density at radius 3 is 2.70 bits per heavy atom. The quantitative estimate of drug-likeness (QED) is 0.454. The molecular formula is C22H24BrNO3. The van der Waals surface area contributed by atoms with E-state index in [4.69, 9.17) is 9.47 Å². The molecule has 1 aromatic heterocycles. The minimum atomic E-state index is -0.243. The van der Waals surface area contributed by atoms with E-state index >= 15 is 0 Å². The van der Waals surface area contributed by atoms with Crippen LogP contribution in [0.15, 0.2) is 53.1 Å². The van der Waals surface area contributed by atoms with Crippen molar-refractivity contribution in [2.24, 2.45) is 0 Å². The van der Waals surface area contributed by atoms with Crippen molar-refractivity contribution in [1.29, 1.82) is 0 Å². The normalized spacial score (nSPS) is 11.1. The second-order valence-electron chi connectivity index (χ2n) is 6.71. The predicted molar refractivity (Wildman–Crippen MR) is 111 cm³/mol. The third-order valence-electron chi connectivity index (χ3n) is 4.41. The number of esters is 1. The molecule has 0 atom stereocenters. The van der Waals surface area contributed by atoms with Crippen molar-refractivity contribution in [2.75, 3.05) is 6.61 Å². The number of carbonyl (C=O) groups is 1. The lowest BCUT2D eigenvalue weighted by Gasteiger charge is -2.13.